The second-order valence-corrected chi connectivity index (χ2v) is 10.7. The lowest BCUT2D eigenvalue weighted by Gasteiger charge is -2.26. The van der Waals surface area contributed by atoms with Crippen LogP contribution in [0.2, 0.25) is 0 Å². The average molecular weight is 565 g/mol. The van der Waals surface area contributed by atoms with Gasteiger partial charge in [-0.3, -0.25) is 9.36 Å². The Kier molecular flexibility index (Phi) is 8.83. The van der Waals surface area contributed by atoms with Gasteiger partial charge in [0.1, 0.15) is 11.8 Å². The summed E-state index contributed by atoms with van der Waals surface area (Å²) in [6.07, 6.45) is 1.89. The fraction of sp³-hybridized carbons (Fsp3) is 0.387. The second kappa shape index (κ2) is 12.1. The molecule has 4 rings (SSSR count). The molecule has 0 unspecified atom stereocenters. The van der Waals surface area contributed by atoms with Gasteiger partial charge < -0.3 is 18.9 Å². The van der Waals surface area contributed by atoms with E-state index in [1.165, 1.54) is 11.3 Å². The summed E-state index contributed by atoms with van der Waals surface area (Å²) < 4.78 is 24.7. The number of para-hydroxylation sites is 1. The van der Waals surface area contributed by atoms with E-state index in [9.17, 15) is 9.59 Å². The molecule has 2 heterocycles. The van der Waals surface area contributed by atoms with Crippen LogP contribution < -0.4 is 29.1 Å². The summed E-state index contributed by atoms with van der Waals surface area (Å²) in [7, 11) is 3.22. The number of rotatable bonds is 9. The molecule has 1 aromatic heterocycles. The Bertz CT molecular complexity index is 1650. The molecule has 40 heavy (non-hydrogen) atoms. The van der Waals surface area contributed by atoms with Crippen LogP contribution in [0.4, 0.5) is 0 Å². The molecule has 3 aromatic rings. The molecule has 8 nitrogen and oxygen atoms in total. The summed E-state index contributed by atoms with van der Waals surface area (Å²) in [6, 6.07) is 8.71. The number of aryl methyl sites for hydroxylation is 1. The molecule has 0 fully saturated rings. The lowest BCUT2D eigenvalue weighted by atomic mass is 9.94. The highest BCUT2D eigenvalue weighted by Gasteiger charge is 2.36. The van der Waals surface area contributed by atoms with Gasteiger partial charge in [-0.25, -0.2) is 9.79 Å². The van der Waals surface area contributed by atoms with E-state index < -0.39 is 12.0 Å². The van der Waals surface area contributed by atoms with Crippen molar-refractivity contribution in [2.24, 2.45) is 4.99 Å². The predicted molar refractivity (Wildman–Crippen MR) is 156 cm³/mol. The van der Waals surface area contributed by atoms with E-state index in [-0.39, 0.29) is 23.7 Å². The molecule has 0 saturated heterocycles. The number of ether oxygens (including phenoxy) is 4. The van der Waals surface area contributed by atoms with Crippen molar-refractivity contribution in [3.8, 4) is 17.2 Å². The summed E-state index contributed by atoms with van der Waals surface area (Å²) in [5.74, 6) is 1.51. The number of carbonyl (C=O) groups excluding carboxylic acids is 1. The van der Waals surface area contributed by atoms with Crippen LogP contribution in [0.5, 0.6) is 17.2 Å². The predicted octanol–water partition coefficient (Wildman–Crippen LogP) is 4.65. The Morgan fingerprint density at radius 1 is 1.10 bits per heavy atom. The van der Waals surface area contributed by atoms with Crippen molar-refractivity contribution < 1.29 is 23.7 Å². The molecule has 0 bridgehead atoms. The van der Waals surface area contributed by atoms with E-state index in [1.54, 1.807) is 38.7 Å². The van der Waals surface area contributed by atoms with Crippen LogP contribution in [0, 0.1) is 6.92 Å². The number of carbonyl (C=O) groups is 1. The van der Waals surface area contributed by atoms with E-state index in [1.807, 2.05) is 38.1 Å². The Morgan fingerprint density at radius 3 is 2.45 bits per heavy atom. The van der Waals surface area contributed by atoms with E-state index >= 15 is 0 Å². The fourth-order valence-corrected chi connectivity index (χ4v) is 5.97. The standard InChI is InChI=1S/C31H36N2O6S/c1-9-38-28-21(12-11-13-23(28)36-7)27-26(30(35)39-10-2)19(6)32-31-33(27)29(34)25(40-31)16-20-15-22(17(3)4)24(37-8)14-18(20)5/h11-17,27H,9-10H2,1-8H3/b25-16-/t27-/m1/s1. The lowest BCUT2D eigenvalue weighted by molar-refractivity contribution is -0.139. The van der Waals surface area contributed by atoms with E-state index in [2.05, 4.69) is 19.9 Å². The number of aromatic nitrogens is 1. The van der Waals surface area contributed by atoms with Gasteiger partial charge in [0.25, 0.3) is 5.56 Å². The molecule has 0 saturated carbocycles. The van der Waals surface area contributed by atoms with Gasteiger partial charge in [-0.05, 0) is 74.6 Å². The Labute approximate surface area is 238 Å². The quantitative estimate of drug-likeness (QED) is 0.352. The Morgan fingerprint density at radius 2 is 1.82 bits per heavy atom. The monoisotopic (exact) mass is 564 g/mol. The Balaban J connectivity index is 2.02. The molecule has 0 radical (unpaired) electrons. The van der Waals surface area contributed by atoms with Crippen LogP contribution in [0.3, 0.4) is 0 Å². The Hall–Kier alpha value is -3.85. The minimum atomic E-state index is -0.808. The van der Waals surface area contributed by atoms with Gasteiger partial charge in [-0.1, -0.05) is 37.3 Å². The molecule has 1 atom stereocenters. The zero-order chi connectivity index (χ0) is 29.1. The van der Waals surface area contributed by atoms with Gasteiger partial charge >= 0.3 is 5.97 Å². The first-order chi connectivity index (χ1) is 19.2. The summed E-state index contributed by atoms with van der Waals surface area (Å²) in [6.45, 7) is 12.2. The number of methoxy groups -OCH3 is 2. The van der Waals surface area contributed by atoms with Crippen LogP contribution >= 0.6 is 11.3 Å². The molecule has 9 heteroatoms. The molecule has 0 spiro atoms. The minimum absolute atomic E-state index is 0.193. The highest BCUT2D eigenvalue weighted by atomic mass is 32.1. The molecule has 2 aromatic carbocycles. The fourth-order valence-electron chi connectivity index (χ4n) is 4.93. The normalized spacial score (nSPS) is 15.1. The zero-order valence-corrected chi connectivity index (χ0v) is 25.1. The van der Waals surface area contributed by atoms with Crippen molar-refractivity contribution in [2.45, 2.75) is 53.5 Å². The highest BCUT2D eigenvalue weighted by molar-refractivity contribution is 7.07. The number of esters is 1. The molecular formula is C31H36N2O6S. The van der Waals surface area contributed by atoms with Gasteiger partial charge in [0, 0.05) is 5.56 Å². The van der Waals surface area contributed by atoms with Gasteiger partial charge in [0.2, 0.25) is 0 Å². The van der Waals surface area contributed by atoms with E-state index in [0.29, 0.717) is 38.7 Å². The van der Waals surface area contributed by atoms with Crippen LogP contribution in [0.15, 0.2) is 51.4 Å². The third-order valence-electron chi connectivity index (χ3n) is 6.86. The summed E-state index contributed by atoms with van der Waals surface area (Å²) in [4.78, 5) is 32.6. The van der Waals surface area contributed by atoms with Gasteiger partial charge in [0.15, 0.2) is 16.3 Å². The topological polar surface area (TPSA) is 88.4 Å². The van der Waals surface area contributed by atoms with Gasteiger partial charge in [-0.2, -0.15) is 0 Å². The largest absolute Gasteiger partial charge is 0.496 e. The first-order valence-electron chi connectivity index (χ1n) is 13.3. The third-order valence-corrected chi connectivity index (χ3v) is 7.84. The van der Waals surface area contributed by atoms with E-state index in [0.717, 1.165) is 22.4 Å². The highest BCUT2D eigenvalue weighted by Crippen LogP contribution is 2.40. The molecule has 0 amide bonds. The van der Waals surface area contributed by atoms with Crippen molar-refractivity contribution in [2.75, 3.05) is 27.4 Å². The van der Waals surface area contributed by atoms with Crippen LogP contribution in [-0.4, -0.2) is 38.0 Å². The van der Waals surface area contributed by atoms with Crippen molar-refractivity contribution in [3.63, 3.8) is 0 Å². The van der Waals surface area contributed by atoms with Crippen molar-refractivity contribution in [1.29, 1.82) is 0 Å². The minimum Gasteiger partial charge on any atom is -0.496 e. The summed E-state index contributed by atoms with van der Waals surface area (Å²) >= 11 is 1.29. The second-order valence-electron chi connectivity index (χ2n) is 9.72. The van der Waals surface area contributed by atoms with Crippen LogP contribution in [-0.2, 0) is 9.53 Å². The van der Waals surface area contributed by atoms with Crippen molar-refractivity contribution in [1.82, 2.24) is 4.57 Å². The van der Waals surface area contributed by atoms with Gasteiger partial charge in [-0.15, -0.1) is 0 Å². The number of thiazole rings is 1. The molecule has 0 aliphatic carbocycles. The first-order valence-corrected chi connectivity index (χ1v) is 14.2. The first kappa shape index (κ1) is 29.1. The average Bonchev–Trinajstić information content (AvgIpc) is 3.23. The number of nitrogens with zero attached hydrogens (tertiary/aromatic N) is 2. The number of hydrogen-bond acceptors (Lipinski definition) is 8. The van der Waals surface area contributed by atoms with Crippen molar-refractivity contribution >= 4 is 23.4 Å². The molecule has 212 valence electrons. The molecular weight excluding hydrogens is 528 g/mol. The van der Waals surface area contributed by atoms with Crippen LogP contribution in [0.1, 0.15) is 68.8 Å². The summed E-state index contributed by atoms with van der Waals surface area (Å²) in [5.41, 5.74) is 4.11. The maximum atomic E-state index is 14.1. The van der Waals surface area contributed by atoms with Crippen LogP contribution in [0.25, 0.3) is 6.08 Å². The smallest absolute Gasteiger partial charge is 0.338 e. The van der Waals surface area contributed by atoms with Gasteiger partial charge in [0.05, 0.1) is 43.2 Å². The molecule has 1 aliphatic rings. The summed E-state index contributed by atoms with van der Waals surface area (Å²) in [5, 5.41) is 0. The SMILES string of the molecule is CCOC(=O)C1=C(C)N=c2s/c(=C\c3cc(C(C)C)c(OC)cc3C)c(=O)n2[C@@H]1c1cccc(OC)c1OCC. The molecule has 1 aliphatic heterocycles. The number of hydrogen-bond donors (Lipinski definition) is 0. The maximum absolute atomic E-state index is 14.1. The lowest BCUT2D eigenvalue weighted by Crippen LogP contribution is -2.40. The van der Waals surface area contributed by atoms with Crippen molar-refractivity contribution in [3.05, 3.63) is 83.5 Å². The maximum Gasteiger partial charge on any atom is 0.338 e. The third kappa shape index (κ3) is 5.30. The number of allylic oxidation sites excluding steroid dienone is 1. The number of fused-ring (bicyclic) bond motifs is 1. The molecule has 0 N–H and O–H groups in total. The zero-order valence-electron chi connectivity index (χ0n) is 24.3. The number of benzene rings is 2. The van der Waals surface area contributed by atoms with E-state index in [4.69, 9.17) is 23.9 Å².